The van der Waals surface area contributed by atoms with Gasteiger partial charge in [0.05, 0.1) is 7.11 Å². The lowest BCUT2D eigenvalue weighted by Crippen LogP contribution is -2.02. The van der Waals surface area contributed by atoms with Crippen molar-refractivity contribution in [1.29, 1.82) is 0 Å². The van der Waals surface area contributed by atoms with E-state index in [1.807, 2.05) is 6.07 Å². The van der Waals surface area contributed by atoms with Crippen molar-refractivity contribution in [3.8, 4) is 17.2 Å². The van der Waals surface area contributed by atoms with E-state index < -0.39 is 10.1 Å². The summed E-state index contributed by atoms with van der Waals surface area (Å²) in [5, 5.41) is 0. The van der Waals surface area contributed by atoms with Crippen molar-refractivity contribution >= 4 is 15.9 Å². The average molecular weight is 384 g/mol. The molecule has 3 aromatic rings. The molecule has 0 heterocycles. The molecule has 0 saturated heterocycles. The Morgan fingerprint density at radius 2 is 1.44 bits per heavy atom. The van der Waals surface area contributed by atoms with Gasteiger partial charge in [0.1, 0.15) is 22.1 Å². The molecule has 1 N–H and O–H groups in total. The Labute approximate surface area is 156 Å². The molecule has 3 aromatic carbocycles. The van der Waals surface area contributed by atoms with E-state index in [0.717, 1.165) is 0 Å². The Bertz CT molecular complexity index is 1060. The zero-order valence-corrected chi connectivity index (χ0v) is 15.1. The second kappa shape index (κ2) is 7.61. The summed E-state index contributed by atoms with van der Waals surface area (Å²) in [7, 11) is -3.11. The quantitative estimate of drug-likeness (QED) is 0.511. The zero-order chi connectivity index (χ0) is 19.4. The van der Waals surface area contributed by atoms with Crippen LogP contribution in [0.2, 0.25) is 0 Å². The van der Waals surface area contributed by atoms with E-state index in [1.54, 1.807) is 48.5 Å². The molecular formula is C20H16O6S. The second-order valence-corrected chi connectivity index (χ2v) is 7.00. The predicted octanol–water partition coefficient (Wildman–Crippen LogP) is 3.97. The summed E-state index contributed by atoms with van der Waals surface area (Å²) in [5.41, 5.74) is 1.12. The molecule has 0 spiro atoms. The Hall–Kier alpha value is -3.16. The summed E-state index contributed by atoms with van der Waals surface area (Å²) in [6.07, 6.45) is 0. The molecule has 0 aliphatic heterocycles. The maximum absolute atomic E-state index is 12.4. The maximum atomic E-state index is 12.4. The number of hydrogen-bond donors (Lipinski definition) is 1. The third-order valence-corrected chi connectivity index (χ3v) is 4.69. The van der Waals surface area contributed by atoms with E-state index >= 15 is 0 Å². The summed E-state index contributed by atoms with van der Waals surface area (Å²) in [5.74, 6) is 0.648. The van der Waals surface area contributed by atoms with Gasteiger partial charge >= 0.3 is 0 Å². The van der Waals surface area contributed by atoms with Gasteiger partial charge in [-0.05, 0) is 36.4 Å². The summed E-state index contributed by atoms with van der Waals surface area (Å²) in [4.78, 5) is 12.0. The Kier molecular flexibility index (Phi) is 5.25. The van der Waals surface area contributed by atoms with Gasteiger partial charge in [-0.15, -0.1) is 0 Å². The first-order valence-electron chi connectivity index (χ1n) is 7.91. The lowest BCUT2D eigenvalue weighted by atomic mass is 10.0. The standard InChI is InChI=1S/C20H16O6S/c1-25-18-13-17(11-12-19(18)27(22,23)24)26-16-9-7-15(8-10-16)20(21)14-5-3-2-4-6-14/h2-13H,1H3,(H,22,23,24). The molecule has 7 heteroatoms. The van der Waals surface area contributed by atoms with Gasteiger partial charge < -0.3 is 9.47 Å². The largest absolute Gasteiger partial charge is 0.495 e. The van der Waals surface area contributed by atoms with Crippen LogP contribution in [-0.2, 0) is 10.1 Å². The van der Waals surface area contributed by atoms with Crippen LogP contribution < -0.4 is 9.47 Å². The van der Waals surface area contributed by atoms with Crippen molar-refractivity contribution in [3.63, 3.8) is 0 Å². The fraction of sp³-hybridized carbons (Fsp3) is 0.0500. The SMILES string of the molecule is COc1cc(Oc2ccc(C(=O)c3ccccc3)cc2)ccc1S(=O)(=O)O. The van der Waals surface area contributed by atoms with Crippen molar-refractivity contribution in [1.82, 2.24) is 0 Å². The summed E-state index contributed by atoms with van der Waals surface area (Å²) < 4.78 is 42.4. The number of ketones is 1. The van der Waals surface area contributed by atoms with Gasteiger partial charge in [-0.25, -0.2) is 0 Å². The molecule has 0 aliphatic rings. The fourth-order valence-corrected chi connectivity index (χ4v) is 3.13. The number of ether oxygens (including phenoxy) is 2. The first-order valence-corrected chi connectivity index (χ1v) is 9.35. The van der Waals surface area contributed by atoms with Crippen LogP contribution in [0.4, 0.5) is 0 Å². The highest BCUT2D eigenvalue weighted by molar-refractivity contribution is 7.86. The molecule has 0 saturated carbocycles. The monoisotopic (exact) mass is 384 g/mol. The molecule has 0 radical (unpaired) electrons. The second-order valence-electron chi connectivity index (χ2n) is 5.61. The molecule has 6 nitrogen and oxygen atoms in total. The minimum atomic E-state index is -4.39. The topological polar surface area (TPSA) is 89.9 Å². The van der Waals surface area contributed by atoms with Crippen LogP contribution in [0, 0.1) is 0 Å². The highest BCUT2D eigenvalue weighted by Crippen LogP contribution is 2.31. The van der Waals surface area contributed by atoms with E-state index in [0.29, 0.717) is 22.6 Å². The molecule has 0 bridgehead atoms. The van der Waals surface area contributed by atoms with E-state index in [1.165, 1.54) is 25.3 Å². The average Bonchev–Trinajstić information content (AvgIpc) is 2.67. The van der Waals surface area contributed by atoms with Crippen LogP contribution in [0.5, 0.6) is 17.2 Å². The number of carbonyl (C=O) groups is 1. The predicted molar refractivity (Wildman–Crippen MR) is 99.2 cm³/mol. The first-order chi connectivity index (χ1) is 12.9. The minimum Gasteiger partial charge on any atom is -0.495 e. The maximum Gasteiger partial charge on any atom is 0.298 e. The van der Waals surface area contributed by atoms with Crippen molar-refractivity contribution in [2.45, 2.75) is 4.90 Å². The van der Waals surface area contributed by atoms with Crippen LogP contribution in [0.25, 0.3) is 0 Å². The van der Waals surface area contributed by atoms with Crippen molar-refractivity contribution in [2.75, 3.05) is 7.11 Å². The molecule has 3 rings (SSSR count). The Balaban J connectivity index is 1.80. The highest BCUT2D eigenvalue weighted by atomic mass is 32.2. The molecule has 0 aliphatic carbocycles. The number of rotatable bonds is 6. The van der Waals surface area contributed by atoms with E-state index in [9.17, 15) is 17.8 Å². The van der Waals surface area contributed by atoms with Gasteiger partial charge in [-0.3, -0.25) is 9.35 Å². The highest BCUT2D eigenvalue weighted by Gasteiger charge is 2.17. The van der Waals surface area contributed by atoms with Crippen molar-refractivity contribution in [3.05, 3.63) is 83.9 Å². The van der Waals surface area contributed by atoms with Crippen molar-refractivity contribution in [2.24, 2.45) is 0 Å². The number of methoxy groups -OCH3 is 1. The van der Waals surface area contributed by atoms with E-state index in [4.69, 9.17) is 9.47 Å². The first kappa shape index (κ1) is 18.6. The van der Waals surface area contributed by atoms with E-state index in [-0.39, 0.29) is 16.4 Å². The van der Waals surface area contributed by atoms with Crippen LogP contribution in [-0.4, -0.2) is 25.9 Å². The normalized spacial score (nSPS) is 11.0. The number of hydrogen-bond acceptors (Lipinski definition) is 5. The number of carbonyl (C=O) groups excluding carboxylic acids is 1. The molecular weight excluding hydrogens is 368 g/mol. The molecule has 27 heavy (non-hydrogen) atoms. The molecule has 0 unspecified atom stereocenters. The summed E-state index contributed by atoms with van der Waals surface area (Å²) in [6, 6.07) is 19.4. The summed E-state index contributed by atoms with van der Waals surface area (Å²) in [6.45, 7) is 0. The fourth-order valence-electron chi connectivity index (χ4n) is 2.49. The minimum absolute atomic E-state index is 0.0362. The molecule has 138 valence electrons. The molecule has 0 amide bonds. The zero-order valence-electron chi connectivity index (χ0n) is 14.3. The van der Waals surface area contributed by atoms with Gasteiger partial charge in [0, 0.05) is 17.2 Å². The van der Waals surface area contributed by atoms with Crippen LogP contribution >= 0.6 is 0 Å². The van der Waals surface area contributed by atoms with Gasteiger partial charge in [-0.2, -0.15) is 8.42 Å². The Morgan fingerprint density at radius 3 is 2.04 bits per heavy atom. The van der Waals surface area contributed by atoms with Crippen molar-refractivity contribution < 1.29 is 27.2 Å². The Morgan fingerprint density at radius 1 is 0.852 bits per heavy atom. The lowest BCUT2D eigenvalue weighted by Gasteiger charge is -2.10. The van der Waals surface area contributed by atoms with Crippen LogP contribution in [0.3, 0.4) is 0 Å². The third-order valence-electron chi connectivity index (χ3n) is 3.80. The summed E-state index contributed by atoms with van der Waals surface area (Å²) >= 11 is 0. The van der Waals surface area contributed by atoms with Gasteiger partial charge in [0.15, 0.2) is 5.78 Å². The van der Waals surface area contributed by atoms with Crippen LogP contribution in [0.1, 0.15) is 15.9 Å². The van der Waals surface area contributed by atoms with Gasteiger partial charge in [0.25, 0.3) is 10.1 Å². The van der Waals surface area contributed by atoms with Gasteiger partial charge in [-0.1, -0.05) is 30.3 Å². The third kappa shape index (κ3) is 4.33. The molecule has 0 aromatic heterocycles. The number of benzene rings is 3. The smallest absolute Gasteiger partial charge is 0.298 e. The van der Waals surface area contributed by atoms with E-state index in [2.05, 4.69) is 0 Å². The lowest BCUT2D eigenvalue weighted by molar-refractivity contribution is 0.103. The van der Waals surface area contributed by atoms with Gasteiger partial charge in [0.2, 0.25) is 0 Å². The van der Waals surface area contributed by atoms with Crippen LogP contribution in [0.15, 0.2) is 77.7 Å². The molecule has 0 atom stereocenters. The molecule has 0 fully saturated rings.